The van der Waals surface area contributed by atoms with E-state index in [0.29, 0.717) is 18.5 Å². The molecule has 96 valence electrons. The van der Waals surface area contributed by atoms with E-state index in [0.717, 1.165) is 21.4 Å². The third-order valence-corrected chi connectivity index (χ3v) is 4.86. The SMILES string of the molecule is CC1CC(CN)CN1C(=O)c1csc(I)c1.Cl. The molecule has 1 aromatic heterocycles. The fourth-order valence-electron chi connectivity index (χ4n) is 2.18. The highest BCUT2D eigenvalue weighted by molar-refractivity contribution is 14.1. The molecule has 1 aromatic rings. The number of amides is 1. The van der Waals surface area contributed by atoms with Gasteiger partial charge in [0.1, 0.15) is 0 Å². The second kappa shape index (κ2) is 6.36. The summed E-state index contributed by atoms with van der Waals surface area (Å²) in [7, 11) is 0. The van der Waals surface area contributed by atoms with Crippen molar-refractivity contribution in [2.45, 2.75) is 19.4 Å². The standard InChI is InChI=1S/C11H15IN2OS.ClH/c1-7-2-8(4-13)5-14(7)11(15)9-3-10(12)16-6-9;/h3,6-8H,2,4-5,13H2,1H3;1H. The van der Waals surface area contributed by atoms with Crippen LogP contribution in [0, 0.1) is 8.80 Å². The largest absolute Gasteiger partial charge is 0.336 e. The van der Waals surface area contributed by atoms with Crippen molar-refractivity contribution in [3.8, 4) is 0 Å². The smallest absolute Gasteiger partial charge is 0.254 e. The Hall–Kier alpha value is 0.150. The van der Waals surface area contributed by atoms with Gasteiger partial charge in [-0.3, -0.25) is 4.79 Å². The Bertz CT molecular complexity index is 399. The molecule has 2 atom stereocenters. The first-order valence-electron chi connectivity index (χ1n) is 5.37. The highest BCUT2D eigenvalue weighted by Gasteiger charge is 2.32. The minimum Gasteiger partial charge on any atom is -0.336 e. The minimum absolute atomic E-state index is 0. The highest BCUT2D eigenvalue weighted by atomic mass is 127. The van der Waals surface area contributed by atoms with Gasteiger partial charge in [-0.2, -0.15) is 0 Å². The molecule has 0 spiro atoms. The number of nitrogens with two attached hydrogens (primary N) is 1. The van der Waals surface area contributed by atoms with Gasteiger partial charge in [0.15, 0.2) is 0 Å². The van der Waals surface area contributed by atoms with Crippen LogP contribution in [-0.2, 0) is 0 Å². The van der Waals surface area contributed by atoms with Gasteiger partial charge in [-0.25, -0.2) is 0 Å². The van der Waals surface area contributed by atoms with Gasteiger partial charge in [-0.1, -0.05) is 0 Å². The molecule has 0 aromatic carbocycles. The lowest BCUT2D eigenvalue weighted by molar-refractivity contribution is 0.0744. The number of carbonyl (C=O) groups excluding carboxylic acids is 1. The summed E-state index contributed by atoms with van der Waals surface area (Å²) >= 11 is 3.86. The zero-order valence-electron chi connectivity index (χ0n) is 9.56. The van der Waals surface area contributed by atoms with E-state index in [-0.39, 0.29) is 18.3 Å². The molecule has 0 bridgehead atoms. The van der Waals surface area contributed by atoms with Crippen LogP contribution in [0.1, 0.15) is 23.7 Å². The van der Waals surface area contributed by atoms with E-state index in [1.807, 2.05) is 16.3 Å². The van der Waals surface area contributed by atoms with Gasteiger partial charge in [0, 0.05) is 18.0 Å². The Balaban J connectivity index is 0.00000144. The van der Waals surface area contributed by atoms with Crippen LogP contribution in [-0.4, -0.2) is 29.9 Å². The Labute approximate surface area is 125 Å². The monoisotopic (exact) mass is 386 g/mol. The van der Waals surface area contributed by atoms with E-state index in [2.05, 4.69) is 29.5 Å². The normalized spacial score (nSPS) is 23.6. The molecule has 2 N–H and O–H groups in total. The van der Waals surface area contributed by atoms with Crippen LogP contribution in [0.2, 0.25) is 0 Å². The lowest BCUT2D eigenvalue weighted by atomic mass is 10.1. The Morgan fingerprint density at radius 2 is 2.41 bits per heavy atom. The van der Waals surface area contributed by atoms with Gasteiger partial charge in [-0.05, 0) is 54.5 Å². The Kier molecular flexibility index (Phi) is 5.69. The van der Waals surface area contributed by atoms with Crippen molar-refractivity contribution in [1.82, 2.24) is 4.90 Å². The minimum atomic E-state index is 0. The Morgan fingerprint density at radius 1 is 1.71 bits per heavy atom. The number of hydrogen-bond acceptors (Lipinski definition) is 3. The molecule has 3 nitrogen and oxygen atoms in total. The number of nitrogens with zero attached hydrogens (tertiary/aromatic N) is 1. The van der Waals surface area contributed by atoms with Crippen molar-refractivity contribution in [3.05, 3.63) is 19.9 Å². The average Bonchev–Trinajstić information content (AvgIpc) is 2.83. The van der Waals surface area contributed by atoms with E-state index in [4.69, 9.17) is 5.73 Å². The zero-order chi connectivity index (χ0) is 11.7. The summed E-state index contributed by atoms with van der Waals surface area (Å²) in [6.07, 6.45) is 1.03. The maximum absolute atomic E-state index is 12.2. The van der Waals surface area contributed by atoms with Crippen LogP contribution in [0.4, 0.5) is 0 Å². The van der Waals surface area contributed by atoms with E-state index < -0.39 is 0 Å². The van der Waals surface area contributed by atoms with Crippen molar-refractivity contribution in [2.24, 2.45) is 11.7 Å². The molecule has 1 amide bonds. The number of rotatable bonds is 2. The summed E-state index contributed by atoms with van der Waals surface area (Å²) in [4.78, 5) is 14.2. The molecule has 0 saturated carbocycles. The maximum Gasteiger partial charge on any atom is 0.254 e. The fraction of sp³-hybridized carbons (Fsp3) is 0.545. The molecule has 2 unspecified atom stereocenters. The maximum atomic E-state index is 12.2. The third-order valence-electron chi connectivity index (χ3n) is 3.07. The van der Waals surface area contributed by atoms with Gasteiger partial charge in [-0.15, -0.1) is 23.7 Å². The van der Waals surface area contributed by atoms with Gasteiger partial charge in [0.05, 0.1) is 8.45 Å². The molecule has 2 heterocycles. The molecule has 1 aliphatic rings. The van der Waals surface area contributed by atoms with Gasteiger partial charge in [0.25, 0.3) is 5.91 Å². The van der Waals surface area contributed by atoms with Crippen molar-refractivity contribution in [2.75, 3.05) is 13.1 Å². The van der Waals surface area contributed by atoms with Gasteiger partial charge >= 0.3 is 0 Å². The highest BCUT2D eigenvalue weighted by Crippen LogP contribution is 2.26. The summed E-state index contributed by atoms with van der Waals surface area (Å²) in [6.45, 7) is 3.59. The van der Waals surface area contributed by atoms with Crippen LogP contribution >= 0.6 is 46.3 Å². The summed E-state index contributed by atoms with van der Waals surface area (Å²) in [5, 5.41) is 1.94. The third kappa shape index (κ3) is 3.33. The molecule has 1 saturated heterocycles. The number of halogens is 2. The molecule has 1 aliphatic heterocycles. The number of hydrogen-bond donors (Lipinski definition) is 1. The van der Waals surface area contributed by atoms with Crippen molar-refractivity contribution in [1.29, 1.82) is 0 Å². The average molecular weight is 387 g/mol. The van der Waals surface area contributed by atoms with Crippen molar-refractivity contribution < 1.29 is 4.79 Å². The molecular weight excluding hydrogens is 371 g/mol. The molecule has 0 radical (unpaired) electrons. The summed E-state index contributed by atoms with van der Waals surface area (Å²) in [6, 6.07) is 2.27. The van der Waals surface area contributed by atoms with Gasteiger partial charge < -0.3 is 10.6 Å². The topological polar surface area (TPSA) is 46.3 Å². The first-order chi connectivity index (χ1) is 7.61. The Morgan fingerprint density at radius 3 is 2.88 bits per heavy atom. The van der Waals surface area contributed by atoms with Crippen LogP contribution < -0.4 is 5.73 Å². The molecule has 0 aliphatic carbocycles. The number of likely N-dealkylation sites (tertiary alicyclic amines) is 1. The molecule has 2 rings (SSSR count). The first-order valence-corrected chi connectivity index (χ1v) is 7.32. The van der Waals surface area contributed by atoms with Crippen LogP contribution in [0.5, 0.6) is 0 Å². The summed E-state index contributed by atoms with van der Waals surface area (Å²) in [5.74, 6) is 0.624. The first kappa shape index (κ1) is 15.2. The molecule has 17 heavy (non-hydrogen) atoms. The van der Waals surface area contributed by atoms with E-state index in [1.54, 1.807) is 11.3 Å². The predicted octanol–water partition coefficient (Wildman–Crippen LogP) is 2.58. The molecule has 1 fully saturated rings. The second-order valence-electron chi connectivity index (χ2n) is 4.28. The molecule has 6 heteroatoms. The van der Waals surface area contributed by atoms with Crippen molar-refractivity contribution >= 4 is 52.2 Å². The summed E-state index contributed by atoms with van der Waals surface area (Å²) in [5.41, 5.74) is 6.48. The molecular formula is C11H16ClIN2OS. The van der Waals surface area contributed by atoms with Crippen LogP contribution in [0.3, 0.4) is 0 Å². The lowest BCUT2D eigenvalue weighted by Crippen LogP contribution is -2.34. The quantitative estimate of drug-likeness (QED) is 0.794. The van der Waals surface area contributed by atoms with E-state index in [9.17, 15) is 4.79 Å². The van der Waals surface area contributed by atoms with Crippen molar-refractivity contribution in [3.63, 3.8) is 0 Å². The lowest BCUT2D eigenvalue weighted by Gasteiger charge is -2.20. The van der Waals surface area contributed by atoms with E-state index >= 15 is 0 Å². The second-order valence-corrected chi connectivity index (χ2v) is 7.09. The predicted molar refractivity (Wildman–Crippen MR) is 81.9 cm³/mol. The number of carbonyl (C=O) groups is 1. The van der Waals surface area contributed by atoms with Crippen LogP contribution in [0.25, 0.3) is 0 Å². The fourth-order valence-corrected chi connectivity index (χ4v) is 3.50. The van der Waals surface area contributed by atoms with Crippen LogP contribution in [0.15, 0.2) is 11.4 Å². The number of thiophene rings is 1. The van der Waals surface area contributed by atoms with E-state index in [1.165, 1.54) is 0 Å². The summed E-state index contributed by atoms with van der Waals surface area (Å²) < 4.78 is 1.16. The zero-order valence-corrected chi connectivity index (χ0v) is 13.3. The van der Waals surface area contributed by atoms with Gasteiger partial charge in [0.2, 0.25) is 0 Å².